The maximum Gasteiger partial charge on any atom is 0.139 e. The van der Waals surface area contributed by atoms with Crippen LogP contribution < -0.4 is 0 Å². The van der Waals surface area contributed by atoms with E-state index in [1.54, 1.807) is 18.2 Å². The Balaban J connectivity index is 2.14. The Morgan fingerprint density at radius 2 is 1.61 bits per heavy atom. The Morgan fingerprint density at radius 1 is 1.00 bits per heavy atom. The van der Waals surface area contributed by atoms with Crippen LogP contribution in [0.5, 0.6) is 0 Å². The van der Waals surface area contributed by atoms with Crippen LogP contribution in [0.25, 0.3) is 0 Å². The van der Waals surface area contributed by atoms with Crippen molar-refractivity contribution in [3.8, 4) is 0 Å². The molecule has 0 heterocycles. The van der Waals surface area contributed by atoms with Crippen molar-refractivity contribution in [2.45, 2.75) is 24.0 Å². The van der Waals surface area contributed by atoms with Crippen LogP contribution in [0, 0.1) is 5.82 Å². The van der Waals surface area contributed by atoms with Gasteiger partial charge in [0.1, 0.15) is 5.82 Å². The van der Waals surface area contributed by atoms with E-state index in [1.165, 1.54) is 11.6 Å². The van der Waals surface area contributed by atoms with E-state index in [0.717, 1.165) is 12.0 Å². The zero-order chi connectivity index (χ0) is 13.0. The summed E-state index contributed by atoms with van der Waals surface area (Å²) < 4.78 is 25.5. The molecular formula is C15H15FOS. The van der Waals surface area contributed by atoms with Crippen LogP contribution >= 0.6 is 0 Å². The second-order valence-electron chi connectivity index (χ2n) is 4.09. The third-order valence-electron chi connectivity index (χ3n) is 2.81. The standard InChI is InChI=1S/C15H15FOS/c1-2-12-7-9-13(10-8-12)11-18(17)15-6-4-3-5-14(15)16/h3-10H,2,11H2,1H3. The average Bonchev–Trinajstić information content (AvgIpc) is 2.40. The largest absolute Gasteiger partial charge is 0.254 e. The predicted octanol–water partition coefficient (Wildman–Crippen LogP) is 3.70. The monoisotopic (exact) mass is 262 g/mol. The van der Waals surface area contributed by atoms with E-state index >= 15 is 0 Å². The molecule has 0 aromatic heterocycles. The summed E-state index contributed by atoms with van der Waals surface area (Å²) in [7, 11) is -1.33. The number of halogens is 1. The van der Waals surface area contributed by atoms with Gasteiger partial charge in [0.2, 0.25) is 0 Å². The Hall–Kier alpha value is -1.48. The van der Waals surface area contributed by atoms with Crippen molar-refractivity contribution in [3.05, 3.63) is 65.5 Å². The lowest BCUT2D eigenvalue weighted by molar-refractivity contribution is 0.595. The van der Waals surface area contributed by atoms with Gasteiger partial charge in [-0.3, -0.25) is 4.21 Å². The average molecular weight is 262 g/mol. The molecule has 0 radical (unpaired) electrons. The summed E-state index contributed by atoms with van der Waals surface area (Å²) in [4.78, 5) is 0.275. The highest BCUT2D eigenvalue weighted by Gasteiger charge is 2.09. The highest BCUT2D eigenvalue weighted by Crippen LogP contribution is 2.16. The first kappa shape index (κ1) is 13.0. The van der Waals surface area contributed by atoms with Crippen LogP contribution in [-0.4, -0.2) is 4.21 Å². The van der Waals surface area contributed by atoms with E-state index in [1.807, 2.05) is 24.3 Å². The van der Waals surface area contributed by atoms with Crippen molar-refractivity contribution >= 4 is 10.8 Å². The fourth-order valence-corrected chi connectivity index (χ4v) is 2.90. The van der Waals surface area contributed by atoms with Crippen molar-refractivity contribution in [1.29, 1.82) is 0 Å². The van der Waals surface area contributed by atoms with E-state index in [0.29, 0.717) is 5.75 Å². The number of rotatable bonds is 4. The quantitative estimate of drug-likeness (QED) is 0.821. The molecular weight excluding hydrogens is 247 g/mol. The fraction of sp³-hybridized carbons (Fsp3) is 0.200. The van der Waals surface area contributed by atoms with Crippen LogP contribution in [-0.2, 0) is 23.0 Å². The first-order chi connectivity index (χ1) is 8.70. The molecule has 1 unspecified atom stereocenters. The molecule has 0 aliphatic heterocycles. The lowest BCUT2D eigenvalue weighted by Crippen LogP contribution is -1.99. The van der Waals surface area contributed by atoms with Crippen molar-refractivity contribution in [2.24, 2.45) is 0 Å². The predicted molar refractivity (Wildman–Crippen MR) is 72.3 cm³/mol. The van der Waals surface area contributed by atoms with Gasteiger partial charge in [0, 0.05) is 0 Å². The SMILES string of the molecule is CCc1ccc(CS(=O)c2ccccc2F)cc1. The Kier molecular flexibility index (Phi) is 4.26. The van der Waals surface area contributed by atoms with Crippen molar-refractivity contribution < 1.29 is 8.60 Å². The molecule has 0 N–H and O–H groups in total. The second kappa shape index (κ2) is 5.91. The summed E-state index contributed by atoms with van der Waals surface area (Å²) >= 11 is 0. The molecule has 3 heteroatoms. The molecule has 2 rings (SSSR count). The van der Waals surface area contributed by atoms with Crippen LogP contribution in [0.4, 0.5) is 4.39 Å². The molecule has 0 fully saturated rings. The lowest BCUT2D eigenvalue weighted by atomic mass is 10.1. The maximum atomic E-state index is 13.5. The van der Waals surface area contributed by atoms with E-state index in [-0.39, 0.29) is 4.90 Å². The normalized spacial score (nSPS) is 12.3. The van der Waals surface area contributed by atoms with Gasteiger partial charge in [-0.1, -0.05) is 43.3 Å². The summed E-state index contributed by atoms with van der Waals surface area (Å²) in [5, 5.41) is 0. The third-order valence-corrected chi connectivity index (χ3v) is 4.23. The molecule has 2 aromatic carbocycles. The van der Waals surface area contributed by atoms with Gasteiger partial charge >= 0.3 is 0 Å². The molecule has 1 atom stereocenters. The summed E-state index contributed by atoms with van der Waals surface area (Å²) in [6.07, 6.45) is 0.983. The minimum atomic E-state index is -1.33. The second-order valence-corrected chi connectivity index (χ2v) is 5.51. The maximum absolute atomic E-state index is 13.5. The molecule has 1 nitrogen and oxygen atoms in total. The molecule has 0 spiro atoms. The summed E-state index contributed by atoms with van der Waals surface area (Å²) in [5.41, 5.74) is 2.21. The summed E-state index contributed by atoms with van der Waals surface area (Å²) in [5.74, 6) is -0.0497. The van der Waals surface area contributed by atoms with Crippen LogP contribution in [0.2, 0.25) is 0 Å². The van der Waals surface area contributed by atoms with Gasteiger partial charge < -0.3 is 0 Å². The lowest BCUT2D eigenvalue weighted by Gasteiger charge is -2.04. The molecule has 0 saturated carbocycles. The summed E-state index contributed by atoms with van der Waals surface area (Å²) in [6, 6.07) is 14.2. The Labute approximate surface area is 109 Å². The van der Waals surface area contributed by atoms with Crippen LogP contribution in [0.15, 0.2) is 53.4 Å². The smallest absolute Gasteiger partial charge is 0.139 e. The molecule has 0 aliphatic carbocycles. The number of hydrogen-bond acceptors (Lipinski definition) is 1. The Morgan fingerprint density at radius 3 is 2.22 bits per heavy atom. The third kappa shape index (κ3) is 3.05. The molecule has 0 saturated heterocycles. The number of hydrogen-bond donors (Lipinski definition) is 0. The number of aryl methyl sites for hydroxylation is 1. The Bertz CT molecular complexity index is 549. The highest BCUT2D eigenvalue weighted by atomic mass is 32.2. The summed E-state index contributed by atoms with van der Waals surface area (Å²) in [6.45, 7) is 2.09. The van der Waals surface area contributed by atoms with Gasteiger partial charge in [0.25, 0.3) is 0 Å². The molecule has 94 valence electrons. The van der Waals surface area contributed by atoms with Crippen molar-refractivity contribution in [3.63, 3.8) is 0 Å². The molecule has 0 bridgehead atoms. The molecule has 0 aliphatic rings. The van der Waals surface area contributed by atoms with Gasteiger partial charge in [0.05, 0.1) is 21.4 Å². The minimum absolute atomic E-state index is 0.275. The zero-order valence-corrected chi connectivity index (χ0v) is 11.0. The molecule has 0 amide bonds. The highest BCUT2D eigenvalue weighted by molar-refractivity contribution is 7.84. The van der Waals surface area contributed by atoms with Crippen molar-refractivity contribution in [2.75, 3.05) is 0 Å². The van der Waals surface area contributed by atoms with Gasteiger partial charge in [0.15, 0.2) is 0 Å². The van der Waals surface area contributed by atoms with Gasteiger partial charge in [-0.25, -0.2) is 4.39 Å². The van der Waals surface area contributed by atoms with Gasteiger partial charge in [-0.05, 0) is 29.7 Å². The van der Waals surface area contributed by atoms with E-state index in [4.69, 9.17) is 0 Å². The topological polar surface area (TPSA) is 17.1 Å². The number of benzene rings is 2. The van der Waals surface area contributed by atoms with Crippen LogP contribution in [0.3, 0.4) is 0 Å². The fourth-order valence-electron chi connectivity index (χ4n) is 1.73. The minimum Gasteiger partial charge on any atom is -0.254 e. The van der Waals surface area contributed by atoms with Gasteiger partial charge in [-0.2, -0.15) is 0 Å². The van der Waals surface area contributed by atoms with Crippen molar-refractivity contribution in [1.82, 2.24) is 0 Å². The van der Waals surface area contributed by atoms with E-state index in [2.05, 4.69) is 6.92 Å². The zero-order valence-electron chi connectivity index (χ0n) is 10.2. The first-order valence-electron chi connectivity index (χ1n) is 5.91. The van der Waals surface area contributed by atoms with E-state index in [9.17, 15) is 8.60 Å². The first-order valence-corrected chi connectivity index (χ1v) is 7.23. The molecule has 2 aromatic rings. The van der Waals surface area contributed by atoms with Gasteiger partial charge in [-0.15, -0.1) is 0 Å². The molecule has 18 heavy (non-hydrogen) atoms. The van der Waals surface area contributed by atoms with Crippen LogP contribution in [0.1, 0.15) is 18.1 Å². The van der Waals surface area contributed by atoms with E-state index < -0.39 is 16.6 Å².